The molecule has 4 fully saturated rings. The Hall–Kier alpha value is -0.200. The van der Waals surface area contributed by atoms with Gasteiger partial charge >= 0.3 is 0 Å². The first-order valence-corrected chi connectivity index (χ1v) is 9.92. The molecule has 5 nitrogen and oxygen atoms in total. The van der Waals surface area contributed by atoms with Crippen molar-refractivity contribution in [2.75, 3.05) is 80.5 Å². The van der Waals surface area contributed by atoms with Gasteiger partial charge in [0.05, 0.1) is 12.2 Å². The third-order valence-electron chi connectivity index (χ3n) is 5.53. The van der Waals surface area contributed by atoms with Gasteiger partial charge in [0.2, 0.25) is 0 Å². The average molecular weight is 357 g/mol. The lowest BCUT2D eigenvalue weighted by Gasteiger charge is -2.28. The van der Waals surface area contributed by atoms with Crippen LogP contribution in [0, 0.1) is 0 Å². The molecular formula is C20H44N4O. The van der Waals surface area contributed by atoms with E-state index >= 15 is 0 Å². The Morgan fingerprint density at radius 1 is 0.560 bits per heavy atom. The molecule has 4 aliphatic heterocycles. The van der Waals surface area contributed by atoms with Gasteiger partial charge in [-0.3, -0.25) is 0 Å². The molecule has 2 atom stereocenters. The molecule has 0 saturated carbocycles. The lowest BCUT2D eigenvalue weighted by molar-refractivity contribution is -0.0293. The van der Waals surface area contributed by atoms with Crippen molar-refractivity contribution in [3.63, 3.8) is 0 Å². The van der Waals surface area contributed by atoms with Crippen LogP contribution in [-0.2, 0) is 4.74 Å². The summed E-state index contributed by atoms with van der Waals surface area (Å²) in [5.74, 6) is 0. The zero-order valence-electron chi connectivity index (χ0n) is 16.5. The molecule has 0 aromatic heterocycles. The number of piperidine rings is 1. The normalized spacial score (nSPS) is 31.2. The monoisotopic (exact) mass is 356 g/mol. The van der Waals surface area contributed by atoms with Gasteiger partial charge in [0.1, 0.15) is 0 Å². The molecule has 4 aliphatic rings. The summed E-state index contributed by atoms with van der Waals surface area (Å²) in [5, 5.41) is 0. The molecule has 4 heterocycles. The van der Waals surface area contributed by atoms with Crippen LogP contribution in [0.2, 0.25) is 0 Å². The molecule has 2 unspecified atom stereocenters. The van der Waals surface area contributed by atoms with E-state index in [-0.39, 0.29) is 7.43 Å². The highest BCUT2D eigenvalue weighted by molar-refractivity contribution is 4.82. The van der Waals surface area contributed by atoms with E-state index in [2.05, 4.69) is 47.8 Å². The predicted molar refractivity (Wildman–Crippen MR) is 108 cm³/mol. The summed E-state index contributed by atoms with van der Waals surface area (Å²) in [4.78, 5) is 9.48. The fourth-order valence-corrected chi connectivity index (χ4v) is 3.78. The van der Waals surface area contributed by atoms with Crippen LogP contribution in [-0.4, -0.2) is 112 Å². The number of likely N-dealkylation sites (N-methyl/N-ethyl adjacent to an activating group) is 3. The molecule has 25 heavy (non-hydrogen) atoms. The Kier molecular flexibility index (Phi) is 11.2. The van der Waals surface area contributed by atoms with E-state index in [1.165, 1.54) is 71.4 Å². The minimum Gasteiger partial charge on any atom is -0.372 e. The van der Waals surface area contributed by atoms with E-state index in [4.69, 9.17) is 4.74 Å². The number of piperazine rings is 1. The van der Waals surface area contributed by atoms with Crippen LogP contribution in [0.25, 0.3) is 0 Å². The number of rotatable bonds is 0. The maximum atomic E-state index is 5.63. The van der Waals surface area contributed by atoms with Crippen LogP contribution in [0.3, 0.4) is 0 Å². The number of ether oxygens (including phenoxy) is 1. The highest BCUT2D eigenvalue weighted by Gasteiger charge is 2.31. The summed E-state index contributed by atoms with van der Waals surface area (Å²) in [6.45, 7) is 9.87. The van der Waals surface area contributed by atoms with Gasteiger partial charge in [-0.25, -0.2) is 0 Å². The molecular weight excluding hydrogens is 312 g/mol. The average Bonchev–Trinajstić information content (AvgIpc) is 2.91. The smallest absolute Gasteiger partial charge is 0.0707 e. The first-order valence-electron chi connectivity index (χ1n) is 9.92. The first-order chi connectivity index (χ1) is 11.5. The Labute approximate surface area is 157 Å². The fourth-order valence-electron chi connectivity index (χ4n) is 3.78. The molecule has 0 aliphatic carbocycles. The molecule has 150 valence electrons. The zero-order chi connectivity index (χ0) is 17.4. The molecule has 0 spiro atoms. The summed E-state index contributed by atoms with van der Waals surface area (Å²) in [6.07, 6.45) is 7.98. The third-order valence-corrected chi connectivity index (χ3v) is 5.53. The highest BCUT2D eigenvalue weighted by Crippen LogP contribution is 2.24. The van der Waals surface area contributed by atoms with Crippen LogP contribution < -0.4 is 0 Å². The topological polar surface area (TPSA) is 22.2 Å². The fraction of sp³-hybridized carbons (Fsp3) is 1.00. The van der Waals surface area contributed by atoms with E-state index < -0.39 is 0 Å². The molecule has 4 saturated heterocycles. The van der Waals surface area contributed by atoms with Gasteiger partial charge in [0, 0.05) is 39.3 Å². The van der Waals surface area contributed by atoms with Crippen molar-refractivity contribution in [1.82, 2.24) is 19.6 Å². The van der Waals surface area contributed by atoms with Crippen LogP contribution in [0.15, 0.2) is 0 Å². The lowest BCUT2D eigenvalue weighted by atomic mass is 10.1. The van der Waals surface area contributed by atoms with Crippen molar-refractivity contribution >= 4 is 0 Å². The van der Waals surface area contributed by atoms with Gasteiger partial charge in [-0.15, -0.1) is 0 Å². The largest absolute Gasteiger partial charge is 0.372 e. The van der Waals surface area contributed by atoms with E-state index in [0.29, 0.717) is 12.2 Å². The van der Waals surface area contributed by atoms with E-state index in [1.54, 1.807) is 0 Å². The number of hydrogen-bond acceptors (Lipinski definition) is 5. The van der Waals surface area contributed by atoms with Crippen LogP contribution in [0.1, 0.15) is 39.5 Å². The molecule has 0 N–H and O–H groups in total. The minimum absolute atomic E-state index is 0. The number of likely N-dealkylation sites (tertiary alicyclic amines) is 2. The molecule has 0 aromatic rings. The van der Waals surface area contributed by atoms with E-state index in [9.17, 15) is 0 Å². The maximum absolute atomic E-state index is 5.63. The zero-order valence-corrected chi connectivity index (χ0v) is 16.5. The van der Waals surface area contributed by atoms with Gasteiger partial charge in [-0.1, -0.05) is 13.8 Å². The molecule has 0 amide bonds. The van der Waals surface area contributed by atoms with Gasteiger partial charge in [-0.2, -0.15) is 0 Å². The second-order valence-electron chi connectivity index (χ2n) is 8.15. The van der Waals surface area contributed by atoms with Crippen LogP contribution in [0.4, 0.5) is 0 Å². The van der Waals surface area contributed by atoms with Crippen molar-refractivity contribution in [3.05, 3.63) is 0 Å². The van der Waals surface area contributed by atoms with Crippen molar-refractivity contribution in [3.8, 4) is 0 Å². The quantitative estimate of drug-likeness (QED) is 0.661. The number of nitrogens with zero attached hydrogens (tertiary/aromatic N) is 4. The van der Waals surface area contributed by atoms with Crippen LogP contribution in [0.5, 0.6) is 0 Å². The Bertz CT molecular complexity index is 306. The summed E-state index contributed by atoms with van der Waals surface area (Å²) in [7, 11) is 8.72. The van der Waals surface area contributed by atoms with E-state index in [1.807, 2.05) is 0 Å². The number of morpholine rings is 1. The summed E-state index contributed by atoms with van der Waals surface area (Å²) in [5.41, 5.74) is 0. The van der Waals surface area contributed by atoms with Crippen molar-refractivity contribution < 1.29 is 4.74 Å². The maximum Gasteiger partial charge on any atom is 0.0707 e. The Morgan fingerprint density at radius 2 is 0.960 bits per heavy atom. The van der Waals surface area contributed by atoms with Gasteiger partial charge in [0.25, 0.3) is 0 Å². The van der Waals surface area contributed by atoms with Gasteiger partial charge in [0.15, 0.2) is 0 Å². The number of fused-ring (bicyclic) bond motifs is 2. The standard InChI is InChI=1S/C7H13NO.C6H14N2.C6H13N.CH4/c1-8-4-6-2-3-7(5-8)9-6;1-7-3-5-8(2)6-4-7;1-7-5-3-2-4-6-7;/h6-7H,2-5H2,1H3;3-6H2,1-2H3;2-6H2,1H3;1H4. The van der Waals surface area contributed by atoms with Gasteiger partial charge in [-0.05, 0) is 67.0 Å². The second-order valence-corrected chi connectivity index (χ2v) is 8.15. The van der Waals surface area contributed by atoms with Gasteiger partial charge < -0.3 is 24.3 Å². The molecule has 5 heteroatoms. The first kappa shape index (κ1) is 22.8. The number of hydrogen-bond donors (Lipinski definition) is 0. The molecule has 0 aromatic carbocycles. The summed E-state index contributed by atoms with van der Waals surface area (Å²) in [6, 6.07) is 0. The summed E-state index contributed by atoms with van der Waals surface area (Å²) >= 11 is 0. The Morgan fingerprint density at radius 3 is 1.32 bits per heavy atom. The SMILES string of the molecule is C.CN1CC2CCC(C1)O2.CN1CCCCC1.CN1CCN(C)CC1. The Balaban J connectivity index is 0.000000186. The second kappa shape index (κ2) is 12.2. The summed E-state index contributed by atoms with van der Waals surface area (Å²) < 4.78 is 5.63. The van der Waals surface area contributed by atoms with Crippen molar-refractivity contribution in [2.24, 2.45) is 0 Å². The molecule has 4 rings (SSSR count). The van der Waals surface area contributed by atoms with Crippen molar-refractivity contribution in [2.45, 2.75) is 51.7 Å². The van der Waals surface area contributed by atoms with Crippen LogP contribution >= 0.6 is 0 Å². The lowest BCUT2D eigenvalue weighted by Crippen LogP contribution is -2.42. The highest BCUT2D eigenvalue weighted by atomic mass is 16.5. The predicted octanol–water partition coefficient (Wildman–Crippen LogP) is 2.08. The third kappa shape index (κ3) is 9.34. The van der Waals surface area contributed by atoms with Crippen molar-refractivity contribution in [1.29, 1.82) is 0 Å². The molecule has 2 bridgehead atoms. The molecule has 0 radical (unpaired) electrons. The minimum atomic E-state index is 0. The van der Waals surface area contributed by atoms with E-state index in [0.717, 1.165) is 13.1 Å².